The van der Waals surface area contributed by atoms with Gasteiger partial charge < -0.3 is 18.9 Å². The van der Waals surface area contributed by atoms with Gasteiger partial charge in [0.15, 0.2) is 24.4 Å². The molecule has 0 amide bonds. The lowest BCUT2D eigenvalue weighted by molar-refractivity contribution is -0.111. The molecule has 0 aliphatic heterocycles. The third kappa shape index (κ3) is 6.79. The molecule has 210 valence electrons. The highest BCUT2D eigenvalue weighted by Gasteiger charge is 2.46. The second kappa shape index (κ2) is 13.2. The average molecular weight is 563 g/mol. The Hall–Kier alpha value is -5.50. The summed E-state index contributed by atoms with van der Waals surface area (Å²) in [5.74, 6) is -2.85. The first kappa shape index (κ1) is 28.0. The lowest BCUT2D eigenvalue weighted by Gasteiger charge is -2.37. The molecule has 0 unspecified atom stereocenters. The molecule has 0 spiro atoms. The van der Waals surface area contributed by atoms with Gasteiger partial charge in [-0.2, -0.15) is 0 Å². The van der Waals surface area contributed by atoms with Crippen LogP contribution in [0.5, 0.6) is 0 Å². The molecule has 8 nitrogen and oxygen atoms in total. The Morgan fingerprint density at radius 3 is 0.857 bits per heavy atom. The zero-order chi connectivity index (χ0) is 29.3. The summed E-state index contributed by atoms with van der Waals surface area (Å²) in [6, 6.07) is 33.0. The van der Waals surface area contributed by atoms with Gasteiger partial charge in [0, 0.05) is 0 Å². The molecule has 0 radical (unpaired) electrons. The maximum absolute atomic E-state index is 13.2. The van der Waals surface area contributed by atoms with Gasteiger partial charge in [-0.25, -0.2) is 19.2 Å². The van der Waals surface area contributed by atoms with Crippen LogP contribution in [0.1, 0.15) is 41.4 Å². The average Bonchev–Trinajstić information content (AvgIpc) is 3.05. The standard InChI is InChI=1S/C34H26O8/c35-31(23-13-5-1-6-14-23)39-27-21-22-28(40-32(36)24-15-7-2-8-16-24)30(42-34(38)26-19-11-4-12-20-26)29(27)41-33(37)25-17-9-3-10-18-25/h1-22,27-30H/t27-,28-,29+,30+/m1/s1. The number of benzene rings is 4. The van der Waals surface area contributed by atoms with Gasteiger partial charge in [0.2, 0.25) is 0 Å². The summed E-state index contributed by atoms with van der Waals surface area (Å²) >= 11 is 0. The number of ether oxygens (including phenoxy) is 4. The van der Waals surface area contributed by atoms with E-state index in [0.29, 0.717) is 0 Å². The van der Waals surface area contributed by atoms with Crippen molar-refractivity contribution in [2.45, 2.75) is 24.4 Å². The van der Waals surface area contributed by atoms with Crippen LogP contribution in [0.3, 0.4) is 0 Å². The highest BCUT2D eigenvalue weighted by molar-refractivity contribution is 5.92. The zero-order valence-electron chi connectivity index (χ0n) is 22.3. The predicted molar refractivity (Wildman–Crippen MR) is 152 cm³/mol. The zero-order valence-corrected chi connectivity index (χ0v) is 22.3. The van der Waals surface area contributed by atoms with Crippen LogP contribution in [0.25, 0.3) is 0 Å². The van der Waals surface area contributed by atoms with Crippen molar-refractivity contribution in [3.63, 3.8) is 0 Å². The molecule has 0 fully saturated rings. The SMILES string of the molecule is O=C(O[C@@H]1[C@@H](OC(=O)c2ccccc2)[C@H](OC(=O)c2ccccc2)C=C[C@H]1OC(=O)c1ccccc1)c1ccccc1. The van der Waals surface area contributed by atoms with Gasteiger partial charge in [-0.15, -0.1) is 0 Å². The molecule has 5 rings (SSSR count). The van der Waals surface area contributed by atoms with Crippen LogP contribution in [0.2, 0.25) is 0 Å². The minimum atomic E-state index is -1.36. The van der Waals surface area contributed by atoms with Crippen molar-refractivity contribution in [1.82, 2.24) is 0 Å². The van der Waals surface area contributed by atoms with E-state index in [2.05, 4.69) is 0 Å². The molecule has 8 heteroatoms. The maximum atomic E-state index is 13.2. The Kier molecular flexibility index (Phi) is 8.84. The Morgan fingerprint density at radius 2 is 0.595 bits per heavy atom. The number of carbonyl (C=O) groups excluding carboxylic acids is 4. The molecule has 0 aromatic heterocycles. The smallest absolute Gasteiger partial charge is 0.338 e. The molecule has 1 aliphatic rings. The molecule has 0 saturated heterocycles. The van der Waals surface area contributed by atoms with Crippen LogP contribution in [-0.4, -0.2) is 48.3 Å². The summed E-state index contributed by atoms with van der Waals surface area (Å²) in [7, 11) is 0. The minimum absolute atomic E-state index is 0.228. The maximum Gasteiger partial charge on any atom is 0.338 e. The molecule has 0 saturated carbocycles. The number of esters is 4. The molecule has 0 bridgehead atoms. The quantitative estimate of drug-likeness (QED) is 0.158. The van der Waals surface area contributed by atoms with E-state index >= 15 is 0 Å². The molecular formula is C34H26O8. The fraction of sp³-hybridized carbons (Fsp3) is 0.118. The van der Waals surface area contributed by atoms with E-state index in [4.69, 9.17) is 18.9 Å². The third-order valence-corrected chi connectivity index (χ3v) is 6.47. The van der Waals surface area contributed by atoms with E-state index in [1.165, 1.54) is 12.2 Å². The van der Waals surface area contributed by atoms with Crippen molar-refractivity contribution in [3.8, 4) is 0 Å². The highest BCUT2D eigenvalue weighted by atomic mass is 16.6. The van der Waals surface area contributed by atoms with Crippen molar-refractivity contribution in [3.05, 3.63) is 156 Å². The first-order valence-electron chi connectivity index (χ1n) is 13.2. The van der Waals surface area contributed by atoms with Crippen LogP contribution in [0, 0.1) is 0 Å². The minimum Gasteiger partial charge on any atom is -0.450 e. The molecular weight excluding hydrogens is 536 g/mol. The van der Waals surface area contributed by atoms with E-state index in [-0.39, 0.29) is 22.3 Å². The van der Waals surface area contributed by atoms with Crippen molar-refractivity contribution in [1.29, 1.82) is 0 Å². The summed E-state index contributed by atoms with van der Waals surface area (Å²) < 4.78 is 23.2. The van der Waals surface area contributed by atoms with Gasteiger partial charge in [-0.3, -0.25) is 0 Å². The van der Waals surface area contributed by atoms with Crippen LogP contribution in [0.15, 0.2) is 133 Å². The number of rotatable bonds is 8. The normalized spacial score (nSPS) is 19.2. The van der Waals surface area contributed by atoms with E-state index in [9.17, 15) is 19.2 Å². The first-order valence-corrected chi connectivity index (χ1v) is 13.2. The second-order valence-corrected chi connectivity index (χ2v) is 9.33. The number of carbonyl (C=O) groups is 4. The van der Waals surface area contributed by atoms with Crippen LogP contribution in [0.4, 0.5) is 0 Å². The van der Waals surface area contributed by atoms with Crippen LogP contribution < -0.4 is 0 Å². The highest BCUT2D eigenvalue weighted by Crippen LogP contribution is 2.28. The molecule has 0 heterocycles. The largest absolute Gasteiger partial charge is 0.450 e. The van der Waals surface area contributed by atoms with E-state index in [1.807, 2.05) is 0 Å². The van der Waals surface area contributed by atoms with E-state index in [1.54, 1.807) is 121 Å². The summed E-state index contributed by atoms with van der Waals surface area (Å²) in [6.07, 6.45) is -2.16. The van der Waals surface area contributed by atoms with Gasteiger partial charge in [0.1, 0.15) is 0 Å². The lowest BCUT2D eigenvalue weighted by Crippen LogP contribution is -2.53. The van der Waals surface area contributed by atoms with E-state index in [0.717, 1.165) is 0 Å². The molecule has 4 aromatic carbocycles. The van der Waals surface area contributed by atoms with Crippen molar-refractivity contribution < 1.29 is 38.1 Å². The summed E-state index contributed by atoms with van der Waals surface area (Å²) in [6.45, 7) is 0. The molecule has 1 aliphatic carbocycles. The molecule has 42 heavy (non-hydrogen) atoms. The van der Waals surface area contributed by atoms with Crippen LogP contribution in [-0.2, 0) is 18.9 Å². The third-order valence-electron chi connectivity index (χ3n) is 6.47. The second-order valence-electron chi connectivity index (χ2n) is 9.33. The van der Waals surface area contributed by atoms with Gasteiger partial charge in [-0.05, 0) is 60.7 Å². The number of hydrogen-bond acceptors (Lipinski definition) is 8. The van der Waals surface area contributed by atoms with Gasteiger partial charge in [0.25, 0.3) is 0 Å². The van der Waals surface area contributed by atoms with Gasteiger partial charge >= 0.3 is 23.9 Å². The van der Waals surface area contributed by atoms with E-state index < -0.39 is 48.3 Å². The first-order chi connectivity index (χ1) is 20.5. The predicted octanol–water partition coefficient (Wildman–Crippen LogP) is 5.46. The fourth-order valence-corrected chi connectivity index (χ4v) is 4.36. The number of hydrogen-bond donors (Lipinski definition) is 0. The summed E-state index contributed by atoms with van der Waals surface area (Å²) in [5.41, 5.74) is 1.00. The van der Waals surface area contributed by atoms with Crippen molar-refractivity contribution >= 4 is 23.9 Å². The molecule has 4 atom stereocenters. The Bertz CT molecular complexity index is 1430. The fourth-order valence-electron chi connectivity index (χ4n) is 4.36. The monoisotopic (exact) mass is 562 g/mol. The van der Waals surface area contributed by atoms with Gasteiger partial charge in [-0.1, -0.05) is 72.8 Å². The Morgan fingerprint density at radius 1 is 0.357 bits per heavy atom. The molecule has 0 N–H and O–H groups in total. The summed E-state index contributed by atoms with van der Waals surface area (Å²) in [5, 5.41) is 0. The molecule has 4 aromatic rings. The Balaban J connectivity index is 1.50. The van der Waals surface area contributed by atoms with Crippen molar-refractivity contribution in [2.75, 3.05) is 0 Å². The van der Waals surface area contributed by atoms with Crippen LogP contribution >= 0.6 is 0 Å². The summed E-state index contributed by atoms with van der Waals surface area (Å²) in [4.78, 5) is 52.5. The Labute approximate surface area is 242 Å². The van der Waals surface area contributed by atoms with Crippen molar-refractivity contribution in [2.24, 2.45) is 0 Å². The van der Waals surface area contributed by atoms with Gasteiger partial charge in [0.05, 0.1) is 22.3 Å². The lowest BCUT2D eigenvalue weighted by atomic mass is 9.94. The topological polar surface area (TPSA) is 105 Å².